The highest BCUT2D eigenvalue weighted by atomic mass is 16.3. The number of fused-ring (bicyclic) bond motifs is 6. The molecule has 0 unspecified atom stereocenters. The molecule has 0 aliphatic heterocycles. The Kier molecular flexibility index (Phi) is 7.19. The summed E-state index contributed by atoms with van der Waals surface area (Å²) in [5.74, 6) is 0. The lowest BCUT2D eigenvalue weighted by Crippen LogP contribution is -2.16. The summed E-state index contributed by atoms with van der Waals surface area (Å²) in [5.41, 5.74) is 17.4. The molecule has 0 bridgehead atoms. The fourth-order valence-electron chi connectivity index (χ4n) is 8.51. The summed E-state index contributed by atoms with van der Waals surface area (Å²) in [6.45, 7) is 4.70. The minimum Gasteiger partial charge on any atom is -0.456 e. The zero-order valence-electron chi connectivity index (χ0n) is 29.8. The highest BCUT2D eigenvalue weighted by molar-refractivity contribution is 6.14. The predicted molar refractivity (Wildman–Crippen MR) is 222 cm³/mol. The van der Waals surface area contributed by atoms with Crippen molar-refractivity contribution in [1.82, 2.24) is 0 Å². The maximum Gasteiger partial charge on any atom is 0.136 e. The van der Waals surface area contributed by atoms with Crippen molar-refractivity contribution in [2.75, 3.05) is 4.90 Å². The van der Waals surface area contributed by atoms with E-state index >= 15 is 0 Å². The van der Waals surface area contributed by atoms with Gasteiger partial charge >= 0.3 is 0 Å². The van der Waals surface area contributed by atoms with Crippen molar-refractivity contribution < 1.29 is 4.42 Å². The summed E-state index contributed by atoms with van der Waals surface area (Å²) in [5, 5.41) is 2.26. The average Bonchev–Trinajstić information content (AvgIpc) is 3.71. The molecule has 53 heavy (non-hydrogen) atoms. The normalized spacial score (nSPS) is 12.9. The van der Waals surface area contributed by atoms with Gasteiger partial charge in [0.2, 0.25) is 0 Å². The molecule has 0 radical (unpaired) electrons. The summed E-state index contributed by atoms with van der Waals surface area (Å²) in [6.07, 6.45) is 0. The van der Waals surface area contributed by atoms with Crippen molar-refractivity contribution in [3.05, 3.63) is 199 Å². The predicted octanol–water partition coefficient (Wildman–Crippen LogP) is 14.4. The Morgan fingerprint density at radius 3 is 1.70 bits per heavy atom. The van der Waals surface area contributed by atoms with Crippen LogP contribution in [0.3, 0.4) is 0 Å². The van der Waals surface area contributed by atoms with Crippen molar-refractivity contribution in [2.45, 2.75) is 19.3 Å². The molecule has 1 aromatic heterocycles. The monoisotopic (exact) mass is 679 g/mol. The van der Waals surface area contributed by atoms with E-state index in [-0.39, 0.29) is 5.41 Å². The molecule has 0 amide bonds. The summed E-state index contributed by atoms with van der Waals surface area (Å²) in [4.78, 5) is 2.47. The number of rotatable bonds is 6. The van der Waals surface area contributed by atoms with E-state index in [4.69, 9.17) is 4.42 Å². The third-order valence-corrected chi connectivity index (χ3v) is 11.1. The molecule has 0 saturated carbocycles. The molecule has 252 valence electrons. The maximum atomic E-state index is 6.38. The SMILES string of the molecule is CC1(C)c2ccccc2-c2c(N(c3ccc(-c4ccc(-c5ccccc5)cc4)cc3)c3ccccc3-c3cccc4oc5ccccc5c34)cccc21. The Bertz CT molecular complexity index is 2790. The van der Waals surface area contributed by atoms with Crippen LogP contribution in [-0.4, -0.2) is 0 Å². The van der Waals surface area contributed by atoms with E-state index in [2.05, 4.69) is 201 Å². The largest absolute Gasteiger partial charge is 0.456 e. The smallest absolute Gasteiger partial charge is 0.136 e. The zero-order valence-corrected chi connectivity index (χ0v) is 29.8. The van der Waals surface area contributed by atoms with Gasteiger partial charge in [0.25, 0.3) is 0 Å². The molecule has 8 aromatic carbocycles. The van der Waals surface area contributed by atoms with Crippen LogP contribution in [0.1, 0.15) is 25.0 Å². The summed E-state index contributed by atoms with van der Waals surface area (Å²) in [7, 11) is 0. The van der Waals surface area contributed by atoms with Gasteiger partial charge < -0.3 is 9.32 Å². The molecule has 0 saturated heterocycles. The van der Waals surface area contributed by atoms with Crippen LogP contribution in [0.25, 0.3) is 66.4 Å². The molecule has 2 nitrogen and oxygen atoms in total. The number of nitrogens with zero attached hydrogens (tertiary/aromatic N) is 1. The van der Waals surface area contributed by atoms with Gasteiger partial charge in [-0.1, -0.05) is 166 Å². The number of hydrogen-bond acceptors (Lipinski definition) is 2. The second-order valence-electron chi connectivity index (χ2n) is 14.5. The first-order chi connectivity index (χ1) is 26.1. The lowest BCUT2D eigenvalue weighted by Gasteiger charge is -2.30. The highest BCUT2D eigenvalue weighted by Gasteiger charge is 2.38. The fourth-order valence-corrected chi connectivity index (χ4v) is 8.51. The number of hydrogen-bond donors (Lipinski definition) is 0. The fraction of sp³-hybridized carbons (Fsp3) is 0.0588. The average molecular weight is 680 g/mol. The molecule has 0 spiro atoms. The van der Waals surface area contributed by atoms with Crippen LogP contribution in [0, 0.1) is 0 Å². The van der Waals surface area contributed by atoms with Crippen molar-refractivity contribution in [3.63, 3.8) is 0 Å². The van der Waals surface area contributed by atoms with Crippen molar-refractivity contribution in [2.24, 2.45) is 0 Å². The molecule has 1 aliphatic rings. The number of anilines is 3. The van der Waals surface area contributed by atoms with E-state index in [1.807, 2.05) is 6.07 Å². The number of furan rings is 1. The van der Waals surface area contributed by atoms with Crippen LogP contribution in [0.15, 0.2) is 192 Å². The van der Waals surface area contributed by atoms with Crippen LogP contribution in [0.5, 0.6) is 0 Å². The molecule has 0 atom stereocenters. The second kappa shape index (κ2) is 12.3. The van der Waals surface area contributed by atoms with Gasteiger partial charge in [-0.05, 0) is 80.9 Å². The lowest BCUT2D eigenvalue weighted by atomic mass is 9.82. The Hall–Kier alpha value is -6.64. The minimum atomic E-state index is -0.121. The summed E-state index contributed by atoms with van der Waals surface area (Å²) >= 11 is 0. The van der Waals surface area contributed by atoms with Crippen LogP contribution < -0.4 is 4.90 Å². The van der Waals surface area contributed by atoms with Gasteiger partial charge in [-0.3, -0.25) is 0 Å². The molecule has 1 heterocycles. The molecule has 0 N–H and O–H groups in total. The first-order valence-electron chi connectivity index (χ1n) is 18.4. The standard InChI is InChI=1S/C51H37NO/c1-51(2)43-20-9-6-17-41(43)50-44(51)21-13-23-46(50)52(38-32-30-37(31-33-38)36-28-26-35(27-29-36)34-14-4-3-5-15-34)45-22-10-7-16-39(45)40-19-12-25-48-49(40)42-18-8-11-24-47(42)53-48/h3-33H,1-2H3. The molecular weight excluding hydrogens is 643 g/mol. The van der Waals surface area contributed by atoms with Crippen LogP contribution in [0.4, 0.5) is 17.1 Å². The Balaban J connectivity index is 1.17. The third kappa shape index (κ3) is 5.02. The number of benzene rings is 8. The van der Waals surface area contributed by atoms with Crippen LogP contribution >= 0.6 is 0 Å². The first kappa shape index (κ1) is 31.1. The zero-order chi connectivity index (χ0) is 35.5. The van der Waals surface area contributed by atoms with Crippen LogP contribution in [-0.2, 0) is 5.41 Å². The molecular formula is C51H37NO. The summed E-state index contributed by atoms with van der Waals surface area (Å²) in [6, 6.07) is 67.8. The highest BCUT2D eigenvalue weighted by Crippen LogP contribution is 2.55. The number of para-hydroxylation sites is 2. The first-order valence-corrected chi connectivity index (χ1v) is 18.4. The van der Waals surface area contributed by atoms with E-state index in [0.717, 1.165) is 50.1 Å². The van der Waals surface area contributed by atoms with E-state index in [1.165, 1.54) is 44.5 Å². The van der Waals surface area contributed by atoms with Gasteiger partial charge in [0.1, 0.15) is 11.2 Å². The quantitative estimate of drug-likeness (QED) is 0.174. The molecule has 9 aromatic rings. The van der Waals surface area contributed by atoms with Gasteiger partial charge in [0, 0.05) is 33.0 Å². The van der Waals surface area contributed by atoms with Gasteiger partial charge in [-0.2, -0.15) is 0 Å². The van der Waals surface area contributed by atoms with Crippen molar-refractivity contribution in [3.8, 4) is 44.5 Å². The van der Waals surface area contributed by atoms with Crippen molar-refractivity contribution in [1.29, 1.82) is 0 Å². The van der Waals surface area contributed by atoms with Gasteiger partial charge in [0.15, 0.2) is 0 Å². The van der Waals surface area contributed by atoms with Gasteiger partial charge in [-0.25, -0.2) is 0 Å². The van der Waals surface area contributed by atoms with Gasteiger partial charge in [0.05, 0.1) is 11.4 Å². The minimum absolute atomic E-state index is 0.121. The van der Waals surface area contributed by atoms with Crippen molar-refractivity contribution >= 4 is 39.0 Å². The maximum absolute atomic E-state index is 6.38. The molecule has 1 aliphatic carbocycles. The molecule has 2 heteroatoms. The van der Waals surface area contributed by atoms with E-state index in [0.29, 0.717) is 0 Å². The molecule has 10 rings (SSSR count). The second-order valence-corrected chi connectivity index (χ2v) is 14.5. The lowest BCUT2D eigenvalue weighted by molar-refractivity contribution is 0.660. The van der Waals surface area contributed by atoms with E-state index in [1.54, 1.807) is 0 Å². The van der Waals surface area contributed by atoms with Crippen LogP contribution in [0.2, 0.25) is 0 Å². The van der Waals surface area contributed by atoms with E-state index < -0.39 is 0 Å². The van der Waals surface area contributed by atoms with Gasteiger partial charge in [-0.15, -0.1) is 0 Å². The Morgan fingerprint density at radius 2 is 0.925 bits per heavy atom. The van der Waals surface area contributed by atoms with E-state index in [9.17, 15) is 0 Å². The molecule has 0 fully saturated rings. The Morgan fingerprint density at radius 1 is 0.396 bits per heavy atom. The summed E-state index contributed by atoms with van der Waals surface area (Å²) < 4.78 is 6.38. The third-order valence-electron chi connectivity index (χ3n) is 11.1. The topological polar surface area (TPSA) is 16.4 Å². The Labute approximate surface area is 310 Å².